The molecule has 1 fully saturated rings. The Labute approximate surface area is 152 Å². The third kappa shape index (κ3) is 3.87. The summed E-state index contributed by atoms with van der Waals surface area (Å²) in [5.74, 6) is 1.85. The van der Waals surface area contributed by atoms with Gasteiger partial charge in [-0.05, 0) is 37.1 Å². The SMILES string of the molecule is O=C(NC1CCCCC1)c1ccc(Nc2ccc3c(c2)OCCO3)nn1. The zero-order chi connectivity index (χ0) is 17.8. The summed E-state index contributed by atoms with van der Waals surface area (Å²) < 4.78 is 11.1. The molecule has 0 bridgehead atoms. The van der Waals surface area contributed by atoms with Gasteiger partial charge in [0.05, 0.1) is 0 Å². The second-order valence-corrected chi connectivity index (χ2v) is 6.60. The number of hydrogen-bond acceptors (Lipinski definition) is 6. The number of hydrogen-bond donors (Lipinski definition) is 2. The van der Waals surface area contributed by atoms with Crippen LogP contribution >= 0.6 is 0 Å². The topological polar surface area (TPSA) is 85.4 Å². The van der Waals surface area contributed by atoms with Gasteiger partial charge in [0.15, 0.2) is 23.0 Å². The van der Waals surface area contributed by atoms with Crippen LogP contribution < -0.4 is 20.1 Å². The van der Waals surface area contributed by atoms with Crippen LogP contribution in [0.15, 0.2) is 30.3 Å². The van der Waals surface area contributed by atoms with Crippen molar-refractivity contribution >= 4 is 17.4 Å². The molecule has 4 rings (SSSR count). The third-order valence-corrected chi connectivity index (χ3v) is 4.65. The highest BCUT2D eigenvalue weighted by Crippen LogP contribution is 2.33. The smallest absolute Gasteiger partial charge is 0.272 e. The number of fused-ring (bicyclic) bond motifs is 1. The number of rotatable bonds is 4. The van der Waals surface area contributed by atoms with Crippen molar-refractivity contribution in [3.05, 3.63) is 36.0 Å². The number of anilines is 2. The summed E-state index contributed by atoms with van der Waals surface area (Å²) in [7, 11) is 0. The van der Waals surface area contributed by atoms with Gasteiger partial charge in [0.2, 0.25) is 0 Å². The molecule has 1 aliphatic carbocycles. The second kappa shape index (κ2) is 7.59. The molecule has 2 aliphatic rings. The minimum Gasteiger partial charge on any atom is -0.486 e. The van der Waals surface area contributed by atoms with Crippen LogP contribution in [0, 0.1) is 0 Å². The van der Waals surface area contributed by atoms with Gasteiger partial charge in [-0.15, -0.1) is 10.2 Å². The number of nitrogens with zero attached hydrogens (tertiary/aromatic N) is 2. The molecule has 1 saturated carbocycles. The zero-order valence-electron chi connectivity index (χ0n) is 14.5. The molecule has 0 unspecified atom stereocenters. The first-order valence-corrected chi connectivity index (χ1v) is 9.09. The Hall–Kier alpha value is -2.83. The quantitative estimate of drug-likeness (QED) is 0.878. The highest BCUT2D eigenvalue weighted by molar-refractivity contribution is 5.92. The fourth-order valence-electron chi connectivity index (χ4n) is 3.30. The summed E-state index contributed by atoms with van der Waals surface area (Å²) in [6, 6.07) is 9.30. The molecule has 0 radical (unpaired) electrons. The Kier molecular flexibility index (Phi) is 4.86. The summed E-state index contributed by atoms with van der Waals surface area (Å²) in [6.07, 6.45) is 5.70. The van der Waals surface area contributed by atoms with Gasteiger partial charge >= 0.3 is 0 Å². The van der Waals surface area contributed by atoms with Crippen molar-refractivity contribution in [2.75, 3.05) is 18.5 Å². The lowest BCUT2D eigenvalue weighted by molar-refractivity contribution is 0.0921. The predicted octanol–water partition coefficient (Wildman–Crippen LogP) is 3.05. The zero-order valence-corrected chi connectivity index (χ0v) is 14.5. The second-order valence-electron chi connectivity index (χ2n) is 6.60. The van der Waals surface area contributed by atoms with Gasteiger partial charge in [-0.3, -0.25) is 4.79 Å². The number of aromatic nitrogens is 2. The fourth-order valence-corrected chi connectivity index (χ4v) is 3.30. The summed E-state index contributed by atoms with van der Waals surface area (Å²) in [6.45, 7) is 1.11. The van der Waals surface area contributed by atoms with Crippen molar-refractivity contribution in [3.8, 4) is 11.5 Å². The number of carbonyl (C=O) groups is 1. The lowest BCUT2D eigenvalue weighted by atomic mass is 9.95. The standard InChI is InChI=1S/C19H22N4O3/c24-19(21-13-4-2-1-3-5-13)15-7-9-18(23-22-15)20-14-6-8-16-17(12-14)26-11-10-25-16/h6-9,12-13H,1-5,10-11H2,(H,20,23)(H,21,24). The first kappa shape index (κ1) is 16.6. The van der Waals surface area contributed by atoms with E-state index in [4.69, 9.17) is 9.47 Å². The molecular formula is C19H22N4O3. The van der Waals surface area contributed by atoms with Crippen molar-refractivity contribution < 1.29 is 14.3 Å². The highest BCUT2D eigenvalue weighted by atomic mass is 16.6. The van der Waals surface area contributed by atoms with Gasteiger partial charge in [0.1, 0.15) is 13.2 Å². The van der Waals surface area contributed by atoms with Crippen molar-refractivity contribution in [1.29, 1.82) is 0 Å². The van der Waals surface area contributed by atoms with Crippen LogP contribution in [-0.4, -0.2) is 35.4 Å². The monoisotopic (exact) mass is 354 g/mol. The number of benzene rings is 1. The van der Waals surface area contributed by atoms with E-state index in [2.05, 4.69) is 20.8 Å². The Morgan fingerprint density at radius 2 is 1.77 bits per heavy atom. The molecule has 2 heterocycles. The Balaban J connectivity index is 1.38. The van der Waals surface area contributed by atoms with E-state index >= 15 is 0 Å². The number of amides is 1. The molecule has 7 heteroatoms. The largest absolute Gasteiger partial charge is 0.486 e. The van der Waals surface area contributed by atoms with Crippen LogP contribution in [0.1, 0.15) is 42.6 Å². The van der Waals surface area contributed by atoms with E-state index in [1.807, 2.05) is 18.2 Å². The third-order valence-electron chi connectivity index (χ3n) is 4.65. The van der Waals surface area contributed by atoms with Gasteiger partial charge in [-0.1, -0.05) is 19.3 Å². The minimum atomic E-state index is -0.157. The highest BCUT2D eigenvalue weighted by Gasteiger charge is 2.18. The molecule has 0 saturated heterocycles. The summed E-state index contributed by atoms with van der Waals surface area (Å²) in [4.78, 5) is 12.3. The molecule has 1 aliphatic heterocycles. The van der Waals surface area contributed by atoms with Crippen molar-refractivity contribution in [2.45, 2.75) is 38.1 Å². The average Bonchev–Trinajstić information content (AvgIpc) is 2.69. The van der Waals surface area contributed by atoms with Gasteiger partial charge in [0, 0.05) is 17.8 Å². The normalized spacial score (nSPS) is 16.8. The summed E-state index contributed by atoms with van der Waals surface area (Å²) >= 11 is 0. The lowest BCUT2D eigenvalue weighted by Crippen LogP contribution is -2.36. The van der Waals surface area contributed by atoms with E-state index in [0.29, 0.717) is 30.5 Å². The van der Waals surface area contributed by atoms with Crippen LogP contribution in [0.2, 0.25) is 0 Å². The number of carbonyl (C=O) groups excluding carboxylic acids is 1. The summed E-state index contributed by atoms with van der Waals surface area (Å²) in [5.41, 5.74) is 1.16. The Morgan fingerprint density at radius 3 is 2.54 bits per heavy atom. The molecule has 0 atom stereocenters. The van der Waals surface area contributed by atoms with Crippen LogP contribution in [0.3, 0.4) is 0 Å². The molecule has 1 aromatic carbocycles. The summed E-state index contributed by atoms with van der Waals surface area (Å²) in [5, 5.41) is 14.4. The maximum Gasteiger partial charge on any atom is 0.272 e. The average molecular weight is 354 g/mol. The molecule has 1 aromatic heterocycles. The van der Waals surface area contributed by atoms with E-state index in [9.17, 15) is 4.79 Å². The lowest BCUT2D eigenvalue weighted by Gasteiger charge is -2.22. The van der Waals surface area contributed by atoms with Gasteiger partial charge in [-0.2, -0.15) is 0 Å². The van der Waals surface area contributed by atoms with Crippen LogP contribution in [0.5, 0.6) is 11.5 Å². The first-order chi connectivity index (χ1) is 12.8. The molecule has 136 valence electrons. The van der Waals surface area contributed by atoms with E-state index in [-0.39, 0.29) is 11.9 Å². The van der Waals surface area contributed by atoms with Crippen molar-refractivity contribution in [2.24, 2.45) is 0 Å². The molecule has 2 N–H and O–H groups in total. The van der Waals surface area contributed by atoms with Crippen molar-refractivity contribution in [3.63, 3.8) is 0 Å². The van der Waals surface area contributed by atoms with E-state index < -0.39 is 0 Å². The number of nitrogens with one attached hydrogen (secondary N) is 2. The van der Waals surface area contributed by atoms with E-state index in [0.717, 1.165) is 24.3 Å². The maximum absolute atomic E-state index is 12.3. The van der Waals surface area contributed by atoms with Crippen LogP contribution in [0.4, 0.5) is 11.5 Å². The molecular weight excluding hydrogens is 332 g/mol. The Morgan fingerprint density at radius 1 is 0.962 bits per heavy atom. The minimum absolute atomic E-state index is 0.157. The van der Waals surface area contributed by atoms with Gasteiger partial charge in [-0.25, -0.2) is 0 Å². The van der Waals surface area contributed by atoms with E-state index in [1.165, 1.54) is 19.3 Å². The molecule has 2 aromatic rings. The maximum atomic E-state index is 12.3. The predicted molar refractivity (Wildman–Crippen MR) is 97.1 cm³/mol. The number of ether oxygens (including phenoxy) is 2. The van der Waals surface area contributed by atoms with Gasteiger partial charge in [0.25, 0.3) is 5.91 Å². The van der Waals surface area contributed by atoms with Crippen LogP contribution in [-0.2, 0) is 0 Å². The molecule has 26 heavy (non-hydrogen) atoms. The van der Waals surface area contributed by atoms with E-state index in [1.54, 1.807) is 12.1 Å². The molecule has 1 amide bonds. The first-order valence-electron chi connectivity index (χ1n) is 9.09. The van der Waals surface area contributed by atoms with Crippen molar-refractivity contribution in [1.82, 2.24) is 15.5 Å². The van der Waals surface area contributed by atoms with Gasteiger partial charge < -0.3 is 20.1 Å². The Bertz CT molecular complexity index is 773. The fraction of sp³-hybridized carbons (Fsp3) is 0.421. The molecule has 0 spiro atoms. The van der Waals surface area contributed by atoms with Crippen LogP contribution in [0.25, 0.3) is 0 Å². The molecule has 7 nitrogen and oxygen atoms in total.